The van der Waals surface area contributed by atoms with E-state index in [9.17, 15) is 13.6 Å². The van der Waals surface area contributed by atoms with E-state index in [1.165, 1.54) is 24.3 Å². The number of benzene rings is 1. The molecule has 0 amide bonds. The van der Waals surface area contributed by atoms with Crippen LogP contribution in [0, 0.1) is 0 Å². The highest BCUT2D eigenvalue weighted by atomic mass is 19.2. The van der Waals surface area contributed by atoms with Gasteiger partial charge in [-0.05, 0) is 6.07 Å². The smallest absolute Gasteiger partial charge is 0.449 e. The summed E-state index contributed by atoms with van der Waals surface area (Å²) in [5.74, 6) is -0.176. The van der Waals surface area contributed by atoms with Gasteiger partial charge in [0, 0.05) is 5.56 Å². The molecular weight excluding hydrogens is 194 g/mol. The van der Waals surface area contributed by atoms with Gasteiger partial charge >= 0.3 is 6.16 Å². The highest BCUT2D eigenvalue weighted by Gasteiger charge is 2.16. The SMILES string of the molecule is O=C(O)Oc1ccccc1C(F)CF. The predicted octanol–water partition coefficient (Wildman–Crippen LogP) is 2.72. The molecule has 0 saturated carbocycles. The second-order valence-electron chi connectivity index (χ2n) is 2.53. The first-order valence-corrected chi connectivity index (χ1v) is 3.85. The van der Waals surface area contributed by atoms with E-state index in [2.05, 4.69) is 4.74 Å². The largest absolute Gasteiger partial charge is 0.511 e. The van der Waals surface area contributed by atoms with Gasteiger partial charge in [-0.25, -0.2) is 13.6 Å². The highest BCUT2D eigenvalue weighted by Crippen LogP contribution is 2.27. The first-order valence-electron chi connectivity index (χ1n) is 3.85. The standard InChI is InChI=1S/C9H8F2O3/c10-5-7(11)6-3-1-2-4-8(6)14-9(12)13/h1-4,7H,5H2,(H,12,13). The molecule has 0 radical (unpaired) electrons. The van der Waals surface area contributed by atoms with E-state index in [0.29, 0.717) is 0 Å². The summed E-state index contributed by atoms with van der Waals surface area (Å²) in [6.07, 6.45) is -3.41. The second-order valence-corrected chi connectivity index (χ2v) is 2.53. The van der Waals surface area contributed by atoms with E-state index >= 15 is 0 Å². The molecule has 0 aliphatic heterocycles. The van der Waals surface area contributed by atoms with Crippen LogP contribution in [0.2, 0.25) is 0 Å². The third-order valence-corrected chi connectivity index (χ3v) is 1.59. The van der Waals surface area contributed by atoms with E-state index in [1.807, 2.05) is 0 Å². The van der Waals surface area contributed by atoms with Crippen molar-refractivity contribution in [2.24, 2.45) is 0 Å². The Kier molecular flexibility index (Phi) is 3.39. The van der Waals surface area contributed by atoms with Crippen molar-refractivity contribution >= 4 is 6.16 Å². The fraction of sp³-hybridized carbons (Fsp3) is 0.222. The van der Waals surface area contributed by atoms with Crippen LogP contribution in [0.15, 0.2) is 24.3 Å². The second kappa shape index (κ2) is 4.55. The summed E-state index contributed by atoms with van der Waals surface area (Å²) in [5, 5.41) is 8.31. The number of halogens is 2. The quantitative estimate of drug-likeness (QED) is 0.605. The lowest BCUT2D eigenvalue weighted by molar-refractivity contribution is 0.142. The van der Waals surface area contributed by atoms with E-state index in [1.54, 1.807) is 0 Å². The van der Waals surface area contributed by atoms with Gasteiger partial charge in [-0.2, -0.15) is 0 Å². The lowest BCUT2D eigenvalue weighted by Gasteiger charge is -2.08. The molecule has 76 valence electrons. The first-order chi connectivity index (χ1) is 6.65. The zero-order chi connectivity index (χ0) is 10.6. The molecule has 0 fully saturated rings. The molecule has 0 spiro atoms. The molecule has 0 heterocycles. The van der Waals surface area contributed by atoms with Crippen molar-refractivity contribution in [1.29, 1.82) is 0 Å². The van der Waals surface area contributed by atoms with Crippen molar-refractivity contribution in [2.45, 2.75) is 6.17 Å². The van der Waals surface area contributed by atoms with Crippen LogP contribution in [0.4, 0.5) is 13.6 Å². The van der Waals surface area contributed by atoms with Gasteiger partial charge in [-0.1, -0.05) is 18.2 Å². The Morgan fingerprint density at radius 1 is 1.50 bits per heavy atom. The number of alkyl halides is 2. The predicted molar refractivity (Wildman–Crippen MR) is 44.9 cm³/mol. The number of rotatable bonds is 3. The average molecular weight is 202 g/mol. The van der Waals surface area contributed by atoms with Crippen molar-refractivity contribution < 1.29 is 23.4 Å². The number of ether oxygens (including phenoxy) is 1. The highest BCUT2D eigenvalue weighted by molar-refractivity contribution is 5.62. The van der Waals surface area contributed by atoms with Crippen LogP contribution in [0.3, 0.4) is 0 Å². The Hall–Kier alpha value is -1.65. The molecule has 1 rings (SSSR count). The maximum absolute atomic E-state index is 12.9. The lowest BCUT2D eigenvalue weighted by Crippen LogP contribution is -2.06. The van der Waals surface area contributed by atoms with Gasteiger partial charge in [0.25, 0.3) is 0 Å². The van der Waals surface area contributed by atoms with E-state index in [0.717, 1.165) is 0 Å². The van der Waals surface area contributed by atoms with Gasteiger partial charge < -0.3 is 9.84 Å². The number of carbonyl (C=O) groups is 1. The molecule has 0 aliphatic rings. The summed E-state index contributed by atoms with van der Waals surface area (Å²) in [6.45, 7) is -1.21. The van der Waals surface area contributed by atoms with Crippen molar-refractivity contribution in [2.75, 3.05) is 6.67 Å². The van der Waals surface area contributed by atoms with Gasteiger partial charge in [-0.3, -0.25) is 0 Å². The van der Waals surface area contributed by atoms with E-state index in [4.69, 9.17) is 5.11 Å². The molecule has 1 unspecified atom stereocenters. The fourth-order valence-electron chi connectivity index (χ4n) is 1.01. The van der Waals surface area contributed by atoms with Crippen LogP contribution in [0.1, 0.15) is 11.7 Å². The van der Waals surface area contributed by atoms with Crippen molar-refractivity contribution in [3.8, 4) is 5.75 Å². The lowest BCUT2D eigenvalue weighted by atomic mass is 10.1. The minimum atomic E-state index is -1.86. The van der Waals surface area contributed by atoms with Gasteiger partial charge in [0.2, 0.25) is 0 Å². The van der Waals surface area contributed by atoms with Gasteiger partial charge in [0.1, 0.15) is 12.4 Å². The summed E-state index contributed by atoms with van der Waals surface area (Å²) in [5.41, 5.74) is -0.0996. The van der Waals surface area contributed by atoms with Crippen LogP contribution in [0.25, 0.3) is 0 Å². The molecule has 3 nitrogen and oxygen atoms in total. The number of para-hydroxylation sites is 1. The van der Waals surface area contributed by atoms with Crippen LogP contribution in [-0.4, -0.2) is 17.9 Å². The zero-order valence-corrected chi connectivity index (χ0v) is 7.11. The minimum Gasteiger partial charge on any atom is -0.449 e. The Labute approximate surface area is 78.9 Å². The normalized spacial score (nSPS) is 12.1. The molecule has 0 aliphatic carbocycles. The molecule has 1 N–H and O–H groups in total. The summed E-state index contributed by atoms with van der Waals surface area (Å²) in [4.78, 5) is 10.2. The topological polar surface area (TPSA) is 46.5 Å². The number of carboxylic acid groups (broad SMARTS) is 1. The Morgan fingerprint density at radius 3 is 2.71 bits per heavy atom. The average Bonchev–Trinajstić information content (AvgIpc) is 2.16. The monoisotopic (exact) mass is 202 g/mol. The Bertz CT molecular complexity index is 328. The van der Waals surface area contributed by atoms with Crippen molar-refractivity contribution in [3.05, 3.63) is 29.8 Å². The molecule has 1 atom stereocenters. The minimum absolute atomic E-state index is 0.0996. The summed E-state index contributed by atoms with van der Waals surface area (Å²) < 4.78 is 29.2. The molecule has 5 heteroatoms. The van der Waals surface area contributed by atoms with Gasteiger partial charge in [0.15, 0.2) is 6.17 Å². The van der Waals surface area contributed by atoms with Crippen LogP contribution < -0.4 is 4.74 Å². The molecular formula is C9H8F2O3. The maximum atomic E-state index is 12.9. The van der Waals surface area contributed by atoms with Crippen LogP contribution >= 0.6 is 0 Å². The molecule has 0 bridgehead atoms. The fourth-order valence-corrected chi connectivity index (χ4v) is 1.01. The number of hydrogen-bond acceptors (Lipinski definition) is 2. The van der Waals surface area contributed by atoms with Gasteiger partial charge in [-0.15, -0.1) is 0 Å². The van der Waals surface area contributed by atoms with Crippen molar-refractivity contribution in [1.82, 2.24) is 0 Å². The number of hydrogen-bond donors (Lipinski definition) is 1. The van der Waals surface area contributed by atoms with Crippen molar-refractivity contribution in [3.63, 3.8) is 0 Å². The van der Waals surface area contributed by atoms with Crippen LogP contribution in [0.5, 0.6) is 5.75 Å². The molecule has 14 heavy (non-hydrogen) atoms. The third-order valence-electron chi connectivity index (χ3n) is 1.59. The first kappa shape index (κ1) is 10.4. The summed E-state index contributed by atoms with van der Waals surface area (Å²) >= 11 is 0. The zero-order valence-electron chi connectivity index (χ0n) is 7.11. The third kappa shape index (κ3) is 2.42. The maximum Gasteiger partial charge on any atom is 0.511 e. The molecule has 1 aromatic rings. The Balaban J connectivity index is 2.96. The van der Waals surface area contributed by atoms with E-state index < -0.39 is 19.0 Å². The molecule has 1 aromatic carbocycles. The summed E-state index contributed by atoms with van der Waals surface area (Å²) in [7, 11) is 0. The van der Waals surface area contributed by atoms with Crippen LogP contribution in [-0.2, 0) is 0 Å². The molecule has 0 aromatic heterocycles. The molecule has 0 saturated heterocycles. The summed E-state index contributed by atoms with van der Waals surface area (Å²) in [6, 6.07) is 5.51. The Morgan fingerprint density at radius 2 is 2.14 bits per heavy atom. The van der Waals surface area contributed by atoms with Gasteiger partial charge in [0.05, 0.1) is 0 Å². The van der Waals surface area contributed by atoms with E-state index in [-0.39, 0.29) is 11.3 Å².